The second-order valence-corrected chi connectivity index (χ2v) is 5.79. The number of amides is 1. The first-order valence-corrected chi connectivity index (χ1v) is 8.90. The van der Waals surface area contributed by atoms with Crippen molar-refractivity contribution in [1.82, 2.24) is 5.32 Å². The molecule has 0 aliphatic rings. The van der Waals surface area contributed by atoms with Crippen LogP contribution in [-0.4, -0.2) is 26.2 Å². The summed E-state index contributed by atoms with van der Waals surface area (Å²) in [7, 11) is 1.58. The molecule has 148 valence electrons. The van der Waals surface area contributed by atoms with E-state index in [1.54, 1.807) is 37.4 Å². The van der Waals surface area contributed by atoms with E-state index < -0.39 is 5.91 Å². The number of nitriles is 2. The van der Waals surface area contributed by atoms with E-state index in [1.165, 1.54) is 6.08 Å². The Morgan fingerprint density at radius 2 is 1.86 bits per heavy atom. The molecule has 0 fully saturated rings. The van der Waals surface area contributed by atoms with Gasteiger partial charge < -0.3 is 19.5 Å². The van der Waals surface area contributed by atoms with E-state index in [9.17, 15) is 10.1 Å². The predicted octanol–water partition coefficient (Wildman–Crippen LogP) is 3.22. The lowest BCUT2D eigenvalue weighted by Crippen LogP contribution is -2.23. The molecule has 0 radical (unpaired) electrons. The van der Waals surface area contributed by atoms with E-state index in [0.29, 0.717) is 23.7 Å². The summed E-state index contributed by atoms with van der Waals surface area (Å²) in [5.74, 6) is 1.11. The number of methoxy groups -OCH3 is 1. The molecule has 1 amide bonds. The van der Waals surface area contributed by atoms with Gasteiger partial charge in [0.25, 0.3) is 5.91 Å². The topological polar surface area (TPSA) is 104 Å². The fourth-order valence-electron chi connectivity index (χ4n) is 2.45. The highest BCUT2D eigenvalue weighted by atomic mass is 16.5. The predicted molar refractivity (Wildman–Crippen MR) is 107 cm³/mol. The van der Waals surface area contributed by atoms with Gasteiger partial charge in [-0.15, -0.1) is 0 Å². The molecule has 0 unspecified atom stereocenters. The monoisotopic (exact) mass is 391 g/mol. The summed E-state index contributed by atoms with van der Waals surface area (Å²) >= 11 is 0. The Kier molecular flexibility index (Phi) is 8.10. The molecule has 0 heterocycles. The van der Waals surface area contributed by atoms with Crippen molar-refractivity contribution in [3.63, 3.8) is 0 Å². The third kappa shape index (κ3) is 6.30. The Morgan fingerprint density at radius 3 is 2.48 bits per heavy atom. The molecular formula is C22H21N3O4. The summed E-state index contributed by atoms with van der Waals surface area (Å²) in [5.41, 5.74) is 1.45. The average molecular weight is 391 g/mol. The Hall–Kier alpha value is -3.97. The van der Waals surface area contributed by atoms with Crippen LogP contribution in [0.1, 0.15) is 18.1 Å². The Bertz CT molecular complexity index is 954. The number of hydrogen-bond donors (Lipinski definition) is 1. The molecule has 29 heavy (non-hydrogen) atoms. The van der Waals surface area contributed by atoms with Crippen LogP contribution in [0.3, 0.4) is 0 Å². The second kappa shape index (κ2) is 11.0. The number of carbonyl (C=O) groups is 1. The Balaban J connectivity index is 2.12. The maximum absolute atomic E-state index is 12.4. The van der Waals surface area contributed by atoms with E-state index in [1.807, 2.05) is 31.2 Å². The van der Waals surface area contributed by atoms with Crippen LogP contribution in [0.4, 0.5) is 0 Å². The molecule has 0 saturated carbocycles. The minimum absolute atomic E-state index is 0.0355. The first kappa shape index (κ1) is 21.3. The highest BCUT2D eigenvalue weighted by molar-refractivity contribution is 6.01. The van der Waals surface area contributed by atoms with Gasteiger partial charge >= 0.3 is 0 Å². The van der Waals surface area contributed by atoms with Gasteiger partial charge in [-0.1, -0.05) is 18.2 Å². The number of rotatable bonds is 9. The molecule has 0 bridgehead atoms. The highest BCUT2D eigenvalue weighted by Crippen LogP contribution is 2.29. The van der Waals surface area contributed by atoms with Crippen LogP contribution in [0.15, 0.2) is 48.0 Å². The summed E-state index contributed by atoms with van der Waals surface area (Å²) in [6.45, 7) is 2.41. The lowest BCUT2D eigenvalue weighted by Gasteiger charge is -2.11. The van der Waals surface area contributed by atoms with Crippen molar-refractivity contribution in [2.24, 2.45) is 0 Å². The molecule has 7 heteroatoms. The van der Waals surface area contributed by atoms with Gasteiger partial charge in [0.1, 0.15) is 23.5 Å². The summed E-state index contributed by atoms with van der Waals surface area (Å²) in [6, 6.07) is 16.1. The van der Waals surface area contributed by atoms with Crippen molar-refractivity contribution in [3.05, 3.63) is 59.2 Å². The molecule has 2 aromatic carbocycles. The SMILES string of the molecule is CCOc1cc(/C=C(/C#N)C(=O)NCc2ccc(OC)cc2)ccc1OCC#N. The third-order valence-corrected chi connectivity index (χ3v) is 3.85. The van der Waals surface area contributed by atoms with E-state index in [4.69, 9.17) is 19.5 Å². The fraction of sp³-hybridized carbons (Fsp3) is 0.227. The molecule has 1 N–H and O–H groups in total. The second-order valence-electron chi connectivity index (χ2n) is 5.79. The van der Waals surface area contributed by atoms with Gasteiger partial charge in [0.05, 0.1) is 13.7 Å². The van der Waals surface area contributed by atoms with Crippen molar-refractivity contribution < 1.29 is 19.0 Å². The number of carbonyl (C=O) groups excluding carboxylic acids is 1. The number of ether oxygens (including phenoxy) is 3. The maximum Gasteiger partial charge on any atom is 0.262 e. The molecule has 0 aliphatic carbocycles. The minimum atomic E-state index is -0.480. The standard InChI is InChI=1S/C22H21N3O4/c1-3-28-21-13-17(6-9-20(21)29-11-10-23)12-18(14-24)22(26)25-15-16-4-7-19(27-2)8-5-16/h4-9,12-13H,3,11,15H2,1-2H3,(H,25,26)/b18-12-. The largest absolute Gasteiger partial charge is 0.497 e. The maximum atomic E-state index is 12.4. The van der Waals surface area contributed by atoms with Gasteiger partial charge in [0.15, 0.2) is 18.1 Å². The molecule has 2 rings (SSSR count). The lowest BCUT2D eigenvalue weighted by molar-refractivity contribution is -0.117. The first-order valence-electron chi connectivity index (χ1n) is 8.90. The van der Waals surface area contributed by atoms with Gasteiger partial charge in [0.2, 0.25) is 0 Å². The van der Waals surface area contributed by atoms with Crippen molar-refractivity contribution in [1.29, 1.82) is 10.5 Å². The van der Waals surface area contributed by atoms with Gasteiger partial charge in [-0.2, -0.15) is 10.5 Å². The average Bonchev–Trinajstić information content (AvgIpc) is 2.75. The van der Waals surface area contributed by atoms with E-state index in [2.05, 4.69) is 5.32 Å². The Labute approximate surface area is 169 Å². The zero-order valence-corrected chi connectivity index (χ0v) is 16.3. The molecule has 7 nitrogen and oxygen atoms in total. The van der Waals surface area contributed by atoms with Crippen molar-refractivity contribution in [3.8, 4) is 29.4 Å². The van der Waals surface area contributed by atoms with Crippen molar-refractivity contribution >= 4 is 12.0 Å². The van der Waals surface area contributed by atoms with E-state index in [-0.39, 0.29) is 18.7 Å². The van der Waals surface area contributed by atoms with Crippen LogP contribution in [-0.2, 0) is 11.3 Å². The number of hydrogen-bond acceptors (Lipinski definition) is 6. The molecule has 0 aromatic heterocycles. The Morgan fingerprint density at radius 1 is 1.10 bits per heavy atom. The van der Waals surface area contributed by atoms with Crippen LogP contribution in [0.5, 0.6) is 17.2 Å². The van der Waals surface area contributed by atoms with E-state index in [0.717, 1.165) is 11.3 Å². The van der Waals surface area contributed by atoms with Crippen LogP contribution in [0, 0.1) is 22.7 Å². The zero-order chi connectivity index (χ0) is 21.1. The number of benzene rings is 2. The summed E-state index contributed by atoms with van der Waals surface area (Å²) in [4.78, 5) is 12.4. The molecule has 2 aromatic rings. The summed E-state index contributed by atoms with van der Waals surface area (Å²) in [5, 5.41) is 20.8. The quantitative estimate of drug-likeness (QED) is 0.520. The van der Waals surface area contributed by atoms with Gasteiger partial charge in [-0.25, -0.2) is 0 Å². The van der Waals surface area contributed by atoms with Crippen molar-refractivity contribution in [2.75, 3.05) is 20.3 Å². The highest BCUT2D eigenvalue weighted by Gasteiger charge is 2.11. The fourth-order valence-corrected chi connectivity index (χ4v) is 2.45. The molecule has 0 saturated heterocycles. The molecule has 0 atom stereocenters. The zero-order valence-electron chi connectivity index (χ0n) is 16.3. The summed E-state index contributed by atoms with van der Waals surface area (Å²) in [6.07, 6.45) is 1.47. The first-order chi connectivity index (χ1) is 14.1. The molecule has 0 aliphatic heterocycles. The number of nitrogens with zero attached hydrogens (tertiary/aromatic N) is 2. The number of nitrogens with one attached hydrogen (secondary N) is 1. The van der Waals surface area contributed by atoms with Gasteiger partial charge in [-0.3, -0.25) is 4.79 Å². The molecule has 0 spiro atoms. The van der Waals surface area contributed by atoms with E-state index >= 15 is 0 Å². The normalized spacial score (nSPS) is 10.4. The van der Waals surface area contributed by atoms with Gasteiger partial charge in [0, 0.05) is 6.54 Å². The lowest BCUT2D eigenvalue weighted by atomic mass is 10.1. The van der Waals surface area contributed by atoms with Crippen LogP contribution in [0.2, 0.25) is 0 Å². The summed E-state index contributed by atoms with van der Waals surface area (Å²) < 4.78 is 15.9. The van der Waals surface area contributed by atoms with Crippen LogP contribution >= 0.6 is 0 Å². The van der Waals surface area contributed by atoms with Crippen LogP contribution < -0.4 is 19.5 Å². The minimum Gasteiger partial charge on any atom is -0.497 e. The van der Waals surface area contributed by atoms with Gasteiger partial charge in [-0.05, 0) is 48.4 Å². The van der Waals surface area contributed by atoms with Crippen LogP contribution in [0.25, 0.3) is 6.08 Å². The molecular weight excluding hydrogens is 370 g/mol. The third-order valence-electron chi connectivity index (χ3n) is 3.85. The van der Waals surface area contributed by atoms with Crippen molar-refractivity contribution in [2.45, 2.75) is 13.5 Å². The smallest absolute Gasteiger partial charge is 0.262 e.